The van der Waals surface area contributed by atoms with Gasteiger partial charge in [0.1, 0.15) is 0 Å². The van der Waals surface area contributed by atoms with E-state index < -0.39 is 0 Å². The average Bonchev–Trinajstić information content (AvgIpc) is 2.70. The Bertz CT molecular complexity index is 979. The maximum Gasteiger partial charge on any atom is 0.219 e. The monoisotopic (exact) mass is 356 g/mol. The molecule has 136 valence electrons. The molecule has 3 heteroatoms. The molecule has 1 aliphatic heterocycles. The molecule has 0 unspecified atom stereocenters. The summed E-state index contributed by atoms with van der Waals surface area (Å²) >= 11 is 0. The second-order valence-electron chi connectivity index (χ2n) is 7.15. The SMILES string of the molecule is CC(=O)N1CCc2c(cccc2Nc2ccc(C)c(-c3ccccc3)c2)C1. The zero-order chi connectivity index (χ0) is 18.8. The number of amides is 1. The van der Waals surface area contributed by atoms with Crippen molar-refractivity contribution in [2.24, 2.45) is 0 Å². The van der Waals surface area contributed by atoms with Crippen LogP contribution in [0.15, 0.2) is 66.7 Å². The molecule has 0 bridgehead atoms. The van der Waals surface area contributed by atoms with Crippen molar-refractivity contribution in [2.75, 3.05) is 11.9 Å². The summed E-state index contributed by atoms with van der Waals surface area (Å²) in [6.45, 7) is 5.27. The third-order valence-electron chi connectivity index (χ3n) is 5.31. The van der Waals surface area contributed by atoms with Gasteiger partial charge in [-0.15, -0.1) is 0 Å². The van der Waals surface area contributed by atoms with Gasteiger partial charge in [0.25, 0.3) is 0 Å². The smallest absolute Gasteiger partial charge is 0.219 e. The lowest BCUT2D eigenvalue weighted by atomic mass is 9.97. The largest absolute Gasteiger partial charge is 0.355 e. The summed E-state index contributed by atoms with van der Waals surface area (Å²) in [6.07, 6.45) is 0.884. The van der Waals surface area contributed by atoms with E-state index in [0.29, 0.717) is 6.54 Å². The summed E-state index contributed by atoms with van der Waals surface area (Å²) in [4.78, 5) is 13.6. The Hall–Kier alpha value is -3.07. The number of aryl methyl sites for hydroxylation is 1. The molecule has 0 atom stereocenters. The van der Waals surface area contributed by atoms with Crippen molar-refractivity contribution < 1.29 is 4.79 Å². The molecule has 0 aliphatic carbocycles. The number of nitrogens with zero attached hydrogens (tertiary/aromatic N) is 1. The molecule has 1 N–H and O–H groups in total. The van der Waals surface area contributed by atoms with Crippen LogP contribution in [0.1, 0.15) is 23.6 Å². The predicted octanol–water partition coefficient (Wildman–Crippen LogP) is 5.31. The van der Waals surface area contributed by atoms with Crippen LogP contribution >= 0.6 is 0 Å². The van der Waals surface area contributed by atoms with Crippen LogP contribution in [0.4, 0.5) is 11.4 Å². The minimum Gasteiger partial charge on any atom is -0.355 e. The van der Waals surface area contributed by atoms with Gasteiger partial charge >= 0.3 is 0 Å². The predicted molar refractivity (Wildman–Crippen MR) is 111 cm³/mol. The quantitative estimate of drug-likeness (QED) is 0.690. The number of fused-ring (bicyclic) bond motifs is 1. The van der Waals surface area contributed by atoms with Crippen molar-refractivity contribution in [3.8, 4) is 11.1 Å². The van der Waals surface area contributed by atoms with E-state index in [2.05, 4.69) is 72.9 Å². The minimum absolute atomic E-state index is 0.144. The Morgan fingerprint density at radius 2 is 1.81 bits per heavy atom. The number of carbonyl (C=O) groups is 1. The average molecular weight is 356 g/mol. The fraction of sp³-hybridized carbons (Fsp3) is 0.208. The fourth-order valence-electron chi connectivity index (χ4n) is 3.78. The lowest BCUT2D eigenvalue weighted by Gasteiger charge is -2.29. The maximum atomic E-state index is 11.7. The first-order valence-electron chi connectivity index (χ1n) is 9.41. The van der Waals surface area contributed by atoms with Crippen LogP contribution < -0.4 is 5.32 Å². The Morgan fingerprint density at radius 3 is 2.59 bits per heavy atom. The summed E-state index contributed by atoms with van der Waals surface area (Å²) < 4.78 is 0. The van der Waals surface area contributed by atoms with E-state index in [9.17, 15) is 4.79 Å². The number of anilines is 2. The zero-order valence-corrected chi connectivity index (χ0v) is 15.8. The normalized spacial score (nSPS) is 13.2. The Kier molecular flexibility index (Phi) is 4.68. The summed E-state index contributed by atoms with van der Waals surface area (Å²) in [5.74, 6) is 0.144. The van der Waals surface area contributed by atoms with Gasteiger partial charge in [-0.2, -0.15) is 0 Å². The summed E-state index contributed by atoms with van der Waals surface area (Å²) in [7, 11) is 0. The van der Waals surface area contributed by atoms with Gasteiger partial charge in [0.2, 0.25) is 5.91 Å². The van der Waals surface area contributed by atoms with Crippen LogP contribution in [0.5, 0.6) is 0 Å². The summed E-state index contributed by atoms with van der Waals surface area (Å²) in [6, 6.07) is 23.3. The van der Waals surface area contributed by atoms with E-state index >= 15 is 0 Å². The van der Waals surface area contributed by atoms with E-state index in [1.807, 2.05) is 11.0 Å². The van der Waals surface area contributed by atoms with E-state index in [-0.39, 0.29) is 5.91 Å². The molecule has 3 aromatic rings. The molecule has 0 saturated carbocycles. The molecular formula is C24H24N2O. The van der Waals surface area contributed by atoms with E-state index in [0.717, 1.165) is 24.3 Å². The maximum absolute atomic E-state index is 11.7. The molecule has 1 amide bonds. The van der Waals surface area contributed by atoms with Gasteiger partial charge in [-0.1, -0.05) is 48.5 Å². The van der Waals surface area contributed by atoms with Crippen LogP contribution in [0.2, 0.25) is 0 Å². The Morgan fingerprint density at radius 1 is 1.00 bits per heavy atom. The van der Waals surface area contributed by atoms with Gasteiger partial charge < -0.3 is 10.2 Å². The third kappa shape index (κ3) is 3.59. The molecule has 0 saturated heterocycles. The van der Waals surface area contributed by atoms with E-state index in [4.69, 9.17) is 0 Å². The lowest BCUT2D eigenvalue weighted by Crippen LogP contribution is -2.34. The highest BCUT2D eigenvalue weighted by molar-refractivity contribution is 5.76. The minimum atomic E-state index is 0.144. The molecule has 0 spiro atoms. The Labute approximate surface area is 160 Å². The first-order valence-corrected chi connectivity index (χ1v) is 9.41. The van der Waals surface area contributed by atoms with Gasteiger partial charge in [0.15, 0.2) is 0 Å². The molecule has 0 aromatic heterocycles. The van der Waals surface area contributed by atoms with Gasteiger partial charge in [-0.3, -0.25) is 4.79 Å². The number of hydrogen-bond acceptors (Lipinski definition) is 2. The third-order valence-corrected chi connectivity index (χ3v) is 5.31. The van der Waals surface area contributed by atoms with Gasteiger partial charge in [-0.25, -0.2) is 0 Å². The summed E-state index contributed by atoms with van der Waals surface area (Å²) in [5, 5.41) is 3.61. The van der Waals surface area contributed by atoms with E-state index in [1.54, 1.807) is 6.92 Å². The molecule has 0 fully saturated rings. The fourth-order valence-corrected chi connectivity index (χ4v) is 3.78. The first-order chi connectivity index (χ1) is 13.1. The van der Waals surface area contributed by atoms with Crippen LogP contribution in [-0.4, -0.2) is 17.4 Å². The number of rotatable bonds is 3. The second kappa shape index (κ2) is 7.28. The molecular weight excluding hydrogens is 332 g/mol. The topological polar surface area (TPSA) is 32.3 Å². The first kappa shape index (κ1) is 17.3. The molecule has 3 aromatic carbocycles. The molecule has 1 heterocycles. The molecule has 0 radical (unpaired) electrons. The van der Waals surface area contributed by atoms with Crippen molar-refractivity contribution in [3.05, 3.63) is 83.4 Å². The number of hydrogen-bond donors (Lipinski definition) is 1. The molecule has 1 aliphatic rings. The molecule has 27 heavy (non-hydrogen) atoms. The number of carbonyl (C=O) groups excluding carboxylic acids is 1. The molecule has 3 nitrogen and oxygen atoms in total. The van der Waals surface area contributed by atoms with Crippen molar-refractivity contribution >= 4 is 17.3 Å². The Balaban J connectivity index is 1.64. The van der Waals surface area contributed by atoms with Gasteiger partial charge in [-0.05, 0) is 59.4 Å². The highest BCUT2D eigenvalue weighted by Gasteiger charge is 2.20. The standard InChI is InChI=1S/C24H24N2O/c1-17-11-12-21(15-23(17)19-7-4-3-5-8-19)25-24-10-6-9-20-16-26(18(2)27)14-13-22(20)24/h3-12,15,25H,13-14,16H2,1-2H3. The highest BCUT2D eigenvalue weighted by atomic mass is 16.2. The van der Waals surface area contributed by atoms with Crippen molar-refractivity contribution in [1.29, 1.82) is 0 Å². The van der Waals surface area contributed by atoms with Gasteiger partial charge in [0, 0.05) is 31.4 Å². The van der Waals surface area contributed by atoms with Crippen LogP contribution in [0, 0.1) is 6.92 Å². The summed E-state index contributed by atoms with van der Waals surface area (Å²) in [5.41, 5.74) is 8.51. The highest BCUT2D eigenvalue weighted by Crippen LogP contribution is 2.31. The van der Waals surface area contributed by atoms with Crippen molar-refractivity contribution in [1.82, 2.24) is 4.90 Å². The van der Waals surface area contributed by atoms with Gasteiger partial charge in [0.05, 0.1) is 0 Å². The number of benzene rings is 3. The van der Waals surface area contributed by atoms with Crippen LogP contribution in [0.25, 0.3) is 11.1 Å². The van der Waals surface area contributed by atoms with Crippen molar-refractivity contribution in [2.45, 2.75) is 26.8 Å². The van der Waals surface area contributed by atoms with E-state index in [1.165, 1.54) is 27.8 Å². The van der Waals surface area contributed by atoms with Crippen LogP contribution in [0.3, 0.4) is 0 Å². The van der Waals surface area contributed by atoms with Crippen LogP contribution in [-0.2, 0) is 17.8 Å². The molecule has 4 rings (SSSR count). The van der Waals surface area contributed by atoms with Crippen molar-refractivity contribution in [3.63, 3.8) is 0 Å². The zero-order valence-electron chi connectivity index (χ0n) is 15.8. The lowest BCUT2D eigenvalue weighted by molar-refractivity contribution is -0.129. The second-order valence-corrected chi connectivity index (χ2v) is 7.15. The number of nitrogens with one attached hydrogen (secondary N) is 1.